The number of aryl methyl sites for hydroxylation is 2. The van der Waals surface area contributed by atoms with E-state index < -0.39 is 0 Å². The number of aromatic nitrogens is 3. The number of thioether (sulfide) groups is 1. The number of imidazole rings is 1. The molecule has 140 valence electrons. The van der Waals surface area contributed by atoms with Gasteiger partial charge in [0, 0.05) is 29.4 Å². The average molecular weight is 388 g/mol. The van der Waals surface area contributed by atoms with Gasteiger partial charge in [0.25, 0.3) is 0 Å². The van der Waals surface area contributed by atoms with Gasteiger partial charge in [0.2, 0.25) is 5.91 Å². The lowest BCUT2D eigenvalue weighted by molar-refractivity contribution is -0.113. The summed E-state index contributed by atoms with van der Waals surface area (Å²) in [5.74, 6) is 1.30. The molecule has 6 heteroatoms. The van der Waals surface area contributed by atoms with Gasteiger partial charge in [0.05, 0.1) is 16.8 Å². The second kappa shape index (κ2) is 8.71. The molecule has 0 bridgehead atoms. The molecule has 2 N–H and O–H groups in total. The van der Waals surface area contributed by atoms with Crippen LogP contribution in [0.25, 0.3) is 11.0 Å². The van der Waals surface area contributed by atoms with E-state index in [1.54, 1.807) is 12.4 Å². The Morgan fingerprint density at radius 2 is 1.75 bits per heavy atom. The van der Waals surface area contributed by atoms with Gasteiger partial charge in [-0.05, 0) is 42.3 Å². The largest absolute Gasteiger partial charge is 0.342 e. The number of benzene rings is 2. The molecule has 1 amide bonds. The lowest BCUT2D eigenvalue weighted by Crippen LogP contribution is -2.15. The molecule has 0 fully saturated rings. The molecule has 4 aromatic rings. The first-order chi connectivity index (χ1) is 13.8. The van der Waals surface area contributed by atoms with Crippen LogP contribution in [0.2, 0.25) is 0 Å². The number of hydrogen-bond donors (Lipinski definition) is 2. The summed E-state index contributed by atoms with van der Waals surface area (Å²) in [7, 11) is 0. The van der Waals surface area contributed by atoms with Crippen molar-refractivity contribution in [3.63, 3.8) is 0 Å². The number of nitrogens with one attached hydrogen (secondary N) is 2. The second-order valence-corrected chi connectivity index (χ2v) is 7.43. The first kappa shape index (κ1) is 18.3. The van der Waals surface area contributed by atoms with E-state index >= 15 is 0 Å². The van der Waals surface area contributed by atoms with Crippen LogP contribution in [-0.2, 0) is 17.6 Å². The van der Waals surface area contributed by atoms with Crippen LogP contribution in [0.3, 0.4) is 0 Å². The number of aromatic amines is 1. The molecule has 0 spiro atoms. The fraction of sp³-hybridized carbons (Fsp3) is 0.136. The molecule has 0 unspecified atom stereocenters. The van der Waals surface area contributed by atoms with Gasteiger partial charge >= 0.3 is 0 Å². The third kappa shape index (κ3) is 4.58. The number of para-hydroxylation sites is 3. The van der Waals surface area contributed by atoms with Crippen molar-refractivity contribution in [1.29, 1.82) is 0 Å². The number of nitrogens with zero attached hydrogens (tertiary/aromatic N) is 2. The molecule has 2 aromatic carbocycles. The summed E-state index contributed by atoms with van der Waals surface area (Å²) >= 11 is 1.50. The van der Waals surface area contributed by atoms with Gasteiger partial charge in [-0.3, -0.25) is 9.78 Å². The van der Waals surface area contributed by atoms with Crippen LogP contribution in [0.15, 0.2) is 78.0 Å². The highest BCUT2D eigenvalue weighted by molar-refractivity contribution is 8.00. The van der Waals surface area contributed by atoms with Gasteiger partial charge in [-0.2, -0.15) is 0 Å². The average Bonchev–Trinajstić information content (AvgIpc) is 3.15. The van der Waals surface area contributed by atoms with Crippen LogP contribution in [0.1, 0.15) is 11.4 Å². The van der Waals surface area contributed by atoms with Crippen LogP contribution >= 0.6 is 11.8 Å². The second-order valence-electron chi connectivity index (χ2n) is 6.38. The standard InChI is InChI=1S/C22H20N4OS/c27-22(15-28-17-11-13-23-14-12-17)26-18-6-2-1-5-16(18)9-10-21-24-19-7-3-4-8-20(19)25-21/h1-8,11-14H,9-10,15H2,(H,24,25)(H,26,27). The summed E-state index contributed by atoms with van der Waals surface area (Å²) in [4.78, 5) is 25.4. The fourth-order valence-corrected chi connectivity index (χ4v) is 3.69. The molecule has 2 aromatic heterocycles. The molecule has 0 saturated heterocycles. The number of amides is 1. The van der Waals surface area contributed by atoms with E-state index in [1.807, 2.05) is 60.7 Å². The van der Waals surface area contributed by atoms with Gasteiger partial charge in [-0.25, -0.2) is 4.98 Å². The minimum absolute atomic E-state index is 0.0157. The number of fused-ring (bicyclic) bond motifs is 1. The first-order valence-electron chi connectivity index (χ1n) is 9.12. The van der Waals surface area contributed by atoms with Crippen molar-refractivity contribution >= 4 is 34.4 Å². The Labute approximate surface area is 167 Å². The van der Waals surface area contributed by atoms with E-state index in [1.165, 1.54) is 11.8 Å². The van der Waals surface area contributed by atoms with Crippen molar-refractivity contribution in [2.75, 3.05) is 11.1 Å². The van der Waals surface area contributed by atoms with Gasteiger partial charge in [0.15, 0.2) is 0 Å². The Balaban J connectivity index is 1.38. The van der Waals surface area contributed by atoms with Gasteiger partial charge in [-0.15, -0.1) is 11.8 Å². The molecular weight excluding hydrogens is 368 g/mol. The molecule has 0 saturated carbocycles. The van der Waals surface area contributed by atoms with Crippen LogP contribution in [0.5, 0.6) is 0 Å². The number of H-pyrrole nitrogens is 1. The summed E-state index contributed by atoms with van der Waals surface area (Å²) in [6.45, 7) is 0. The molecule has 28 heavy (non-hydrogen) atoms. The smallest absolute Gasteiger partial charge is 0.234 e. The van der Waals surface area contributed by atoms with Crippen molar-refractivity contribution < 1.29 is 4.79 Å². The highest BCUT2D eigenvalue weighted by atomic mass is 32.2. The number of carbonyl (C=O) groups excluding carboxylic acids is 1. The first-order valence-corrected chi connectivity index (χ1v) is 10.1. The summed E-state index contributed by atoms with van der Waals surface area (Å²) in [5, 5.41) is 3.04. The number of anilines is 1. The van der Waals surface area contributed by atoms with Crippen molar-refractivity contribution in [1.82, 2.24) is 15.0 Å². The molecule has 0 aliphatic carbocycles. The zero-order valence-corrected chi connectivity index (χ0v) is 16.1. The zero-order chi connectivity index (χ0) is 19.2. The molecule has 0 atom stereocenters. The van der Waals surface area contributed by atoms with Crippen LogP contribution in [0.4, 0.5) is 5.69 Å². The highest BCUT2D eigenvalue weighted by Crippen LogP contribution is 2.20. The zero-order valence-electron chi connectivity index (χ0n) is 15.3. The summed E-state index contributed by atoms with van der Waals surface area (Å²) in [6.07, 6.45) is 5.04. The quantitative estimate of drug-likeness (QED) is 0.458. The molecule has 0 radical (unpaired) electrons. The van der Waals surface area contributed by atoms with E-state index in [-0.39, 0.29) is 5.91 Å². The predicted molar refractivity (Wildman–Crippen MR) is 114 cm³/mol. The maximum Gasteiger partial charge on any atom is 0.234 e. The van der Waals surface area contributed by atoms with Gasteiger partial charge in [-0.1, -0.05) is 30.3 Å². The Kier molecular flexibility index (Phi) is 5.68. The maximum absolute atomic E-state index is 12.4. The topological polar surface area (TPSA) is 70.7 Å². The van der Waals surface area contributed by atoms with Crippen LogP contribution in [-0.4, -0.2) is 26.6 Å². The summed E-state index contributed by atoms with van der Waals surface area (Å²) in [6, 6.07) is 19.8. The number of pyridine rings is 1. The molecule has 2 heterocycles. The van der Waals surface area contributed by atoms with Gasteiger partial charge in [0.1, 0.15) is 5.82 Å². The maximum atomic E-state index is 12.4. The third-order valence-electron chi connectivity index (χ3n) is 4.38. The number of hydrogen-bond acceptors (Lipinski definition) is 4. The summed E-state index contributed by atoms with van der Waals surface area (Å²) in [5.41, 5.74) is 3.99. The minimum atomic E-state index is -0.0157. The molecule has 5 nitrogen and oxygen atoms in total. The predicted octanol–water partition coefficient (Wildman–Crippen LogP) is 4.47. The normalized spacial score (nSPS) is 10.9. The van der Waals surface area contributed by atoms with Crippen molar-refractivity contribution in [2.24, 2.45) is 0 Å². The van der Waals surface area contributed by atoms with E-state index in [4.69, 9.17) is 0 Å². The molecule has 0 aliphatic rings. The molecule has 0 aliphatic heterocycles. The lowest BCUT2D eigenvalue weighted by Gasteiger charge is -2.10. The molecule has 4 rings (SSSR count). The van der Waals surface area contributed by atoms with Crippen molar-refractivity contribution in [2.45, 2.75) is 17.7 Å². The summed E-state index contributed by atoms with van der Waals surface area (Å²) < 4.78 is 0. The van der Waals surface area contributed by atoms with E-state index in [2.05, 4.69) is 20.3 Å². The van der Waals surface area contributed by atoms with Crippen molar-refractivity contribution in [3.8, 4) is 0 Å². The number of rotatable bonds is 7. The Bertz CT molecular complexity index is 1050. The third-order valence-corrected chi connectivity index (χ3v) is 5.39. The van der Waals surface area contributed by atoms with E-state index in [0.717, 1.165) is 45.8 Å². The Morgan fingerprint density at radius 1 is 0.964 bits per heavy atom. The highest BCUT2D eigenvalue weighted by Gasteiger charge is 2.09. The van der Waals surface area contributed by atoms with Gasteiger partial charge < -0.3 is 10.3 Å². The lowest BCUT2D eigenvalue weighted by atomic mass is 10.1. The SMILES string of the molecule is O=C(CSc1ccncc1)Nc1ccccc1CCc1nc2ccccc2[nH]1. The monoisotopic (exact) mass is 388 g/mol. The van der Waals surface area contributed by atoms with E-state index in [0.29, 0.717) is 5.75 Å². The van der Waals surface area contributed by atoms with E-state index in [9.17, 15) is 4.79 Å². The Hall–Kier alpha value is -3.12. The van der Waals surface area contributed by atoms with Crippen LogP contribution in [0, 0.1) is 0 Å². The molecular formula is C22H20N4OS. The minimum Gasteiger partial charge on any atom is -0.342 e. The fourth-order valence-electron chi connectivity index (χ4n) is 3.01. The van der Waals surface area contributed by atoms with Crippen molar-refractivity contribution in [3.05, 3.63) is 84.4 Å². The van der Waals surface area contributed by atoms with Crippen LogP contribution < -0.4 is 5.32 Å². The Morgan fingerprint density at radius 3 is 2.61 bits per heavy atom. The number of carbonyl (C=O) groups is 1.